The van der Waals surface area contributed by atoms with Gasteiger partial charge in [-0.25, -0.2) is 9.97 Å². The predicted molar refractivity (Wildman–Crippen MR) is 69.7 cm³/mol. The van der Waals surface area contributed by atoms with Crippen molar-refractivity contribution in [3.05, 3.63) is 16.1 Å². The molecule has 0 bridgehead atoms. The molecule has 5 heteroatoms. The summed E-state index contributed by atoms with van der Waals surface area (Å²) in [6.07, 6.45) is 3.58. The zero-order valence-electron chi connectivity index (χ0n) is 8.95. The van der Waals surface area contributed by atoms with E-state index in [2.05, 4.69) is 64.1 Å². The summed E-state index contributed by atoms with van der Waals surface area (Å²) in [6.45, 7) is 6.42. The molecular weight excluding hydrogens is 303 g/mol. The van der Waals surface area contributed by atoms with Crippen molar-refractivity contribution in [2.24, 2.45) is 0 Å². The van der Waals surface area contributed by atoms with E-state index in [-0.39, 0.29) is 5.54 Å². The molecule has 2 rings (SSSR count). The average molecular weight is 316 g/mol. The minimum absolute atomic E-state index is 0.00245. The van der Waals surface area contributed by atoms with Gasteiger partial charge in [0, 0.05) is 15.3 Å². The van der Waals surface area contributed by atoms with E-state index in [0.717, 1.165) is 14.6 Å². The lowest BCUT2D eigenvalue weighted by atomic mass is 10.1. The first kappa shape index (κ1) is 10.7. The van der Waals surface area contributed by atoms with Gasteiger partial charge in [-0.2, -0.15) is 0 Å². The van der Waals surface area contributed by atoms with Crippen LogP contribution in [0.5, 0.6) is 0 Å². The standard InChI is InChI=1S/C10H13IN4/c1-10(2,3)15-4-6(11)7-8(12)13-5-14-9(7)15/h4-5H,1-3H3,(H2,12,13,14). The van der Waals surface area contributed by atoms with Crippen LogP contribution in [0.3, 0.4) is 0 Å². The van der Waals surface area contributed by atoms with Gasteiger partial charge in [0.2, 0.25) is 0 Å². The van der Waals surface area contributed by atoms with Crippen molar-refractivity contribution in [1.82, 2.24) is 14.5 Å². The normalized spacial score (nSPS) is 12.3. The highest BCUT2D eigenvalue weighted by atomic mass is 127. The van der Waals surface area contributed by atoms with Crippen molar-refractivity contribution >= 4 is 39.4 Å². The second-order valence-electron chi connectivity index (χ2n) is 4.48. The first-order valence-corrected chi connectivity index (χ1v) is 5.76. The minimum atomic E-state index is 0.00245. The molecule has 0 radical (unpaired) electrons. The van der Waals surface area contributed by atoms with Crippen molar-refractivity contribution in [3.8, 4) is 0 Å². The van der Waals surface area contributed by atoms with E-state index in [4.69, 9.17) is 5.73 Å². The molecule has 0 atom stereocenters. The molecule has 0 fully saturated rings. The van der Waals surface area contributed by atoms with Crippen LogP contribution >= 0.6 is 22.6 Å². The third-order valence-electron chi connectivity index (χ3n) is 2.29. The molecule has 15 heavy (non-hydrogen) atoms. The Morgan fingerprint density at radius 2 is 2.00 bits per heavy atom. The molecule has 4 nitrogen and oxygen atoms in total. The molecule has 2 N–H and O–H groups in total. The summed E-state index contributed by atoms with van der Waals surface area (Å²) in [5.74, 6) is 0.549. The largest absolute Gasteiger partial charge is 0.383 e. The molecule has 0 unspecified atom stereocenters. The maximum absolute atomic E-state index is 5.84. The quantitative estimate of drug-likeness (QED) is 0.759. The van der Waals surface area contributed by atoms with Crippen LogP contribution in [0.1, 0.15) is 20.8 Å². The van der Waals surface area contributed by atoms with Crippen LogP contribution in [0.4, 0.5) is 5.82 Å². The molecule has 0 aliphatic carbocycles. The Kier molecular flexibility index (Phi) is 2.37. The topological polar surface area (TPSA) is 56.7 Å². The van der Waals surface area contributed by atoms with E-state index in [1.807, 2.05) is 0 Å². The van der Waals surface area contributed by atoms with Gasteiger partial charge in [0.25, 0.3) is 0 Å². The number of anilines is 1. The summed E-state index contributed by atoms with van der Waals surface area (Å²) < 4.78 is 3.22. The highest BCUT2D eigenvalue weighted by Gasteiger charge is 2.19. The van der Waals surface area contributed by atoms with Crippen LogP contribution < -0.4 is 5.73 Å². The summed E-state index contributed by atoms with van der Waals surface area (Å²) in [4.78, 5) is 8.31. The molecule has 2 aromatic heterocycles. The Labute approximate surface area is 102 Å². The second-order valence-corrected chi connectivity index (χ2v) is 5.64. The maximum Gasteiger partial charge on any atom is 0.147 e. The van der Waals surface area contributed by atoms with Crippen molar-refractivity contribution < 1.29 is 0 Å². The molecule has 0 saturated carbocycles. The third kappa shape index (κ3) is 1.68. The van der Waals surface area contributed by atoms with E-state index in [1.165, 1.54) is 6.33 Å². The van der Waals surface area contributed by atoms with Gasteiger partial charge in [0.05, 0.1) is 5.39 Å². The highest BCUT2D eigenvalue weighted by Crippen LogP contribution is 2.29. The Hall–Kier alpha value is -0.850. The highest BCUT2D eigenvalue weighted by molar-refractivity contribution is 14.1. The van der Waals surface area contributed by atoms with E-state index < -0.39 is 0 Å². The van der Waals surface area contributed by atoms with Crippen molar-refractivity contribution in [2.75, 3.05) is 5.73 Å². The van der Waals surface area contributed by atoms with E-state index in [1.54, 1.807) is 0 Å². The lowest BCUT2D eigenvalue weighted by Crippen LogP contribution is -2.21. The molecule has 80 valence electrons. The fraction of sp³-hybridized carbons (Fsp3) is 0.400. The number of halogens is 1. The predicted octanol–water partition coefficient (Wildman–Crippen LogP) is 2.37. The Morgan fingerprint density at radius 3 is 2.60 bits per heavy atom. The van der Waals surface area contributed by atoms with Crippen LogP contribution in [0.25, 0.3) is 11.0 Å². The van der Waals surface area contributed by atoms with Gasteiger partial charge < -0.3 is 10.3 Å². The molecule has 0 saturated heterocycles. The molecule has 0 aliphatic heterocycles. The zero-order valence-corrected chi connectivity index (χ0v) is 11.1. The van der Waals surface area contributed by atoms with Crippen LogP contribution in [0, 0.1) is 3.57 Å². The number of aromatic nitrogens is 3. The number of hydrogen-bond acceptors (Lipinski definition) is 3. The number of hydrogen-bond donors (Lipinski definition) is 1. The molecule has 2 heterocycles. The van der Waals surface area contributed by atoms with Gasteiger partial charge in [0.1, 0.15) is 17.8 Å². The lowest BCUT2D eigenvalue weighted by Gasteiger charge is -2.21. The molecule has 0 spiro atoms. The first-order valence-electron chi connectivity index (χ1n) is 4.69. The van der Waals surface area contributed by atoms with Gasteiger partial charge in [-0.3, -0.25) is 0 Å². The van der Waals surface area contributed by atoms with E-state index in [9.17, 15) is 0 Å². The lowest BCUT2D eigenvalue weighted by molar-refractivity contribution is 0.408. The van der Waals surface area contributed by atoms with Crippen LogP contribution in [-0.2, 0) is 5.54 Å². The SMILES string of the molecule is CC(C)(C)n1cc(I)c2c(N)ncnc21. The van der Waals surface area contributed by atoms with E-state index >= 15 is 0 Å². The molecule has 0 aliphatic rings. The third-order valence-corrected chi connectivity index (χ3v) is 3.11. The van der Waals surface area contributed by atoms with Crippen LogP contribution in [-0.4, -0.2) is 14.5 Å². The maximum atomic E-state index is 5.84. The minimum Gasteiger partial charge on any atom is -0.383 e. The van der Waals surface area contributed by atoms with Gasteiger partial charge >= 0.3 is 0 Å². The summed E-state index contributed by atoms with van der Waals surface area (Å²) in [7, 11) is 0. The van der Waals surface area contributed by atoms with E-state index in [0.29, 0.717) is 5.82 Å². The number of nitrogens with zero attached hydrogens (tertiary/aromatic N) is 3. The Balaban J connectivity index is 2.85. The molecule has 0 aromatic carbocycles. The number of nitrogen functional groups attached to an aromatic ring is 1. The van der Waals surface area contributed by atoms with Crippen LogP contribution in [0.15, 0.2) is 12.5 Å². The molecular formula is C10H13IN4. The van der Waals surface area contributed by atoms with Gasteiger partial charge in [0.15, 0.2) is 0 Å². The summed E-state index contributed by atoms with van der Waals surface area (Å²) in [5, 5.41) is 0.952. The number of nitrogens with two attached hydrogens (primary N) is 1. The summed E-state index contributed by atoms with van der Waals surface area (Å²) >= 11 is 2.26. The van der Waals surface area contributed by atoms with Gasteiger partial charge in [-0.15, -0.1) is 0 Å². The van der Waals surface area contributed by atoms with Crippen LogP contribution in [0.2, 0.25) is 0 Å². The molecule has 2 aromatic rings. The number of fused-ring (bicyclic) bond motifs is 1. The smallest absolute Gasteiger partial charge is 0.147 e. The summed E-state index contributed by atoms with van der Waals surface area (Å²) in [5.41, 5.74) is 6.75. The average Bonchev–Trinajstić information content (AvgIpc) is 2.44. The van der Waals surface area contributed by atoms with Crippen molar-refractivity contribution in [1.29, 1.82) is 0 Å². The fourth-order valence-corrected chi connectivity index (χ4v) is 2.35. The van der Waals surface area contributed by atoms with Crippen molar-refractivity contribution in [3.63, 3.8) is 0 Å². The van der Waals surface area contributed by atoms with Gasteiger partial charge in [-0.05, 0) is 43.4 Å². The zero-order chi connectivity index (χ0) is 11.2. The van der Waals surface area contributed by atoms with Crippen molar-refractivity contribution in [2.45, 2.75) is 26.3 Å². The Morgan fingerprint density at radius 1 is 1.33 bits per heavy atom. The fourth-order valence-electron chi connectivity index (χ4n) is 1.55. The monoisotopic (exact) mass is 316 g/mol. The number of rotatable bonds is 0. The molecule has 0 amide bonds. The first-order chi connectivity index (χ1) is 6.91. The van der Waals surface area contributed by atoms with Gasteiger partial charge in [-0.1, -0.05) is 0 Å². The Bertz CT molecular complexity index is 510. The summed E-state index contributed by atoms with van der Waals surface area (Å²) in [6, 6.07) is 0. The second kappa shape index (κ2) is 3.33.